The molecule has 288 valence electrons. The van der Waals surface area contributed by atoms with E-state index in [0.29, 0.717) is 37.4 Å². The van der Waals surface area contributed by atoms with E-state index in [9.17, 15) is 32.3 Å². The Bertz CT molecular complexity index is 1970. The molecule has 0 bridgehead atoms. The zero-order valence-electron chi connectivity index (χ0n) is 30.3. The van der Waals surface area contributed by atoms with E-state index in [4.69, 9.17) is 11.6 Å². The Labute approximate surface area is 316 Å². The third-order valence-electron chi connectivity index (χ3n) is 11.8. The smallest absolute Gasteiger partial charge is 0.378 e. The van der Waals surface area contributed by atoms with Crippen molar-refractivity contribution in [1.82, 2.24) is 29.9 Å². The summed E-state index contributed by atoms with van der Waals surface area (Å²) >= 11 is 6.30. The number of carbonyl (C=O) groups excluding carboxylic acids is 3. The van der Waals surface area contributed by atoms with Gasteiger partial charge in [0.15, 0.2) is 0 Å². The first-order valence-electron chi connectivity index (χ1n) is 18.4. The highest BCUT2D eigenvalue weighted by molar-refractivity contribution is 6.32. The van der Waals surface area contributed by atoms with Crippen LogP contribution in [0.4, 0.5) is 24.7 Å². The van der Waals surface area contributed by atoms with Gasteiger partial charge in [-0.25, -0.2) is 9.67 Å². The second-order valence-electron chi connectivity index (χ2n) is 15.3. The molecular formula is C38H44ClF3N8O4. The van der Waals surface area contributed by atoms with Gasteiger partial charge < -0.3 is 20.0 Å². The summed E-state index contributed by atoms with van der Waals surface area (Å²) in [6, 6.07) is 8.93. The molecule has 3 amide bonds. The number of anilines is 2. The molecule has 16 heteroatoms. The van der Waals surface area contributed by atoms with E-state index in [-0.39, 0.29) is 58.1 Å². The number of aromatic nitrogens is 3. The number of likely N-dealkylation sites (N-methyl/N-ethyl adjacent to an activating group) is 1. The minimum absolute atomic E-state index is 0.00120. The van der Waals surface area contributed by atoms with Gasteiger partial charge in [-0.15, -0.1) is 0 Å². The number of imide groups is 1. The van der Waals surface area contributed by atoms with Crippen LogP contribution in [0.15, 0.2) is 47.5 Å². The monoisotopic (exact) mass is 768 g/mol. The van der Waals surface area contributed by atoms with Gasteiger partial charge >= 0.3 is 6.18 Å². The molecule has 6 heterocycles. The van der Waals surface area contributed by atoms with Gasteiger partial charge in [0.05, 0.1) is 23.4 Å². The molecule has 3 atom stereocenters. The number of hydrogen-bond donors (Lipinski definition) is 2. The number of piperidine rings is 4. The largest absolute Gasteiger partial charge is 0.416 e. The average molecular weight is 769 g/mol. The maximum absolute atomic E-state index is 14.2. The molecule has 4 saturated heterocycles. The maximum atomic E-state index is 14.2. The molecule has 4 aliphatic heterocycles. The number of pyridine rings is 1. The lowest BCUT2D eigenvalue weighted by atomic mass is 9.71. The number of alkyl halides is 3. The van der Waals surface area contributed by atoms with Crippen LogP contribution in [-0.4, -0.2) is 94.6 Å². The number of benzene rings is 1. The van der Waals surface area contributed by atoms with Gasteiger partial charge in [0, 0.05) is 70.5 Å². The van der Waals surface area contributed by atoms with E-state index in [2.05, 4.69) is 32.7 Å². The molecule has 0 aliphatic carbocycles. The van der Waals surface area contributed by atoms with E-state index >= 15 is 0 Å². The van der Waals surface area contributed by atoms with Crippen molar-refractivity contribution in [3.63, 3.8) is 0 Å². The molecule has 1 aromatic carbocycles. The number of rotatable bonds is 6. The molecule has 1 spiro atoms. The molecule has 4 aliphatic rings. The number of amides is 3. The molecule has 4 fully saturated rings. The fourth-order valence-corrected chi connectivity index (χ4v) is 8.84. The van der Waals surface area contributed by atoms with Crippen LogP contribution in [0, 0.1) is 5.41 Å². The SMILES string of the molecule is CN1C[C@@H](Nc2cnn(C)c(=O)c2Cl)C[C@@H](c2ccc(C(=O)N3CCC4(CC3)CCN(c3cc(C(F)(F)F)c(C5CCC(=O)NC5=O)cn3)CC4)cc2)C1. The van der Waals surface area contributed by atoms with Gasteiger partial charge in [-0.05, 0) is 86.2 Å². The summed E-state index contributed by atoms with van der Waals surface area (Å²) in [5, 5.41) is 9.75. The summed E-state index contributed by atoms with van der Waals surface area (Å²) in [5.74, 6) is -1.87. The van der Waals surface area contributed by atoms with Crippen LogP contribution in [0.3, 0.4) is 0 Å². The van der Waals surface area contributed by atoms with E-state index in [1.807, 2.05) is 34.1 Å². The second-order valence-corrected chi connectivity index (χ2v) is 15.7. The van der Waals surface area contributed by atoms with Crippen molar-refractivity contribution in [3.05, 3.63) is 80.4 Å². The van der Waals surface area contributed by atoms with Crippen molar-refractivity contribution in [2.75, 3.05) is 56.5 Å². The first-order valence-corrected chi connectivity index (χ1v) is 18.8. The predicted octanol–water partition coefficient (Wildman–Crippen LogP) is 4.79. The number of nitrogens with zero attached hydrogens (tertiary/aromatic N) is 6. The zero-order valence-corrected chi connectivity index (χ0v) is 31.0. The van der Waals surface area contributed by atoms with Crippen molar-refractivity contribution in [2.24, 2.45) is 12.5 Å². The van der Waals surface area contributed by atoms with Crippen LogP contribution in [0.1, 0.15) is 83.8 Å². The van der Waals surface area contributed by atoms with Crippen LogP contribution < -0.4 is 21.1 Å². The van der Waals surface area contributed by atoms with Gasteiger partial charge in [-0.1, -0.05) is 23.7 Å². The van der Waals surface area contributed by atoms with E-state index in [1.165, 1.54) is 4.68 Å². The first kappa shape index (κ1) is 37.8. The summed E-state index contributed by atoms with van der Waals surface area (Å²) in [7, 11) is 3.61. The number of nitrogens with one attached hydrogen (secondary N) is 2. The fourth-order valence-electron chi connectivity index (χ4n) is 8.61. The average Bonchev–Trinajstić information content (AvgIpc) is 3.15. The van der Waals surface area contributed by atoms with Gasteiger partial charge in [0.1, 0.15) is 10.8 Å². The molecular weight excluding hydrogens is 725 g/mol. The third kappa shape index (κ3) is 7.83. The maximum Gasteiger partial charge on any atom is 0.416 e. The molecule has 7 rings (SSSR count). The lowest BCUT2D eigenvalue weighted by Crippen LogP contribution is -2.48. The normalized spacial score (nSPS) is 23.7. The topological polar surface area (TPSA) is 133 Å². The lowest BCUT2D eigenvalue weighted by molar-refractivity contribution is -0.139. The summed E-state index contributed by atoms with van der Waals surface area (Å²) < 4.78 is 43.8. The van der Waals surface area contributed by atoms with Crippen LogP contribution >= 0.6 is 11.6 Å². The molecule has 3 aromatic rings. The molecule has 1 unspecified atom stereocenters. The number of aryl methyl sites for hydroxylation is 1. The van der Waals surface area contributed by atoms with Crippen molar-refractivity contribution in [2.45, 2.75) is 69.0 Å². The molecule has 54 heavy (non-hydrogen) atoms. The second kappa shape index (κ2) is 15.0. The fraction of sp³-hybridized carbons (Fsp3) is 0.526. The lowest BCUT2D eigenvalue weighted by Gasteiger charge is -2.47. The number of likely N-dealkylation sites (tertiary alicyclic amines) is 2. The Hall–Kier alpha value is -4.50. The van der Waals surface area contributed by atoms with Gasteiger partial charge in [-0.2, -0.15) is 18.3 Å². The Morgan fingerprint density at radius 1 is 0.981 bits per heavy atom. The highest BCUT2D eigenvalue weighted by atomic mass is 35.5. The summed E-state index contributed by atoms with van der Waals surface area (Å²) in [4.78, 5) is 60.1. The Kier molecular flexibility index (Phi) is 10.5. The molecule has 0 saturated carbocycles. The molecule has 0 radical (unpaired) electrons. The molecule has 12 nitrogen and oxygen atoms in total. The van der Waals surface area contributed by atoms with Crippen molar-refractivity contribution in [1.29, 1.82) is 0 Å². The van der Waals surface area contributed by atoms with E-state index in [0.717, 1.165) is 63.0 Å². The minimum Gasteiger partial charge on any atom is -0.378 e. The van der Waals surface area contributed by atoms with Crippen LogP contribution in [0.25, 0.3) is 0 Å². The van der Waals surface area contributed by atoms with Crippen molar-refractivity contribution < 1.29 is 27.6 Å². The van der Waals surface area contributed by atoms with Crippen molar-refractivity contribution >= 4 is 40.8 Å². The van der Waals surface area contributed by atoms with E-state index in [1.54, 1.807) is 13.2 Å². The van der Waals surface area contributed by atoms with Crippen LogP contribution in [-0.2, 0) is 22.8 Å². The highest BCUT2D eigenvalue weighted by Crippen LogP contribution is 2.44. The Morgan fingerprint density at radius 3 is 2.33 bits per heavy atom. The van der Waals surface area contributed by atoms with E-state index < -0.39 is 29.5 Å². The summed E-state index contributed by atoms with van der Waals surface area (Å²) in [6.45, 7) is 3.93. The van der Waals surface area contributed by atoms with Gasteiger partial charge in [-0.3, -0.25) is 24.5 Å². The van der Waals surface area contributed by atoms with Crippen LogP contribution in [0.5, 0.6) is 0 Å². The summed E-state index contributed by atoms with van der Waals surface area (Å²) in [5.41, 5.74) is 0.827. The summed E-state index contributed by atoms with van der Waals surface area (Å²) in [6.07, 6.45) is 2.03. The standard InChI is InChI=1S/C38H44ClF3N8O4/c1-47-21-25(17-26(22-47)45-30-20-44-48(2)36(54)33(30)39)23-3-5-24(6-4-23)35(53)50-15-11-37(12-16-50)9-13-49(14-10-37)31-18-29(38(40,41)42)28(19-43-31)27-7-8-32(51)46-34(27)52/h3-6,18-20,25-27,45H,7-17,21-22H2,1-2H3,(H,46,51,52)/t25-,26+,27?/m1/s1. The molecule has 2 aromatic heterocycles. The number of carbonyl (C=O) groups is 3. The number of hydrogen-bond acceptors (Lipinski definition) is 9. The Balaban J connectivity index is 0.935. The minimum atomic E-state index is -4.68. The first-order chi connectivity index (χ1) is 25.7. The zero-order chi connectivity index (χ0) is 38.4. The Morgan fingerprint density at radius 2 is 1.67 bits per heavy atom. The van der Waals surface area contributed by atoms with Gasteiger partial charge in [0.2, 0.25) is 11.8 Å². The van der Waals surface area contributed by atoms with Gasteiger partial charge in [0.25, 0.3) is 11.5 Å². The third-order valence-corrected chi connectivity index (χ3v) is 12.2. The van der Waals surface area contributed by atoms with Crippen LogP contribution in [0.2, 0.25) is 5.02 Å². The number of halogens is 4. The quantitative estimate of drug-likeness (QED) is 0.340. The predicted molar refractivity (Wildman–Crippen MR) is 197 cm³/mol. The highest BCUT2D eigenvalue weighted by Gasteiger charge is 2.42. The molecule has 2 N–H and O–H groups in total. The van der Waals surface area contributed by atoms with Crippen molar-refractivity contribution in [3.8, 4) is 0 Å².